The Morgan fingerprint density at radius 2 is 1.65 bits per heavy atom. The Balaban J connectivity index is 0.00000192. The molecule has 0 fully saturated rings. The minimum absolute atomic E-state index is 0. The molecule has 0 saturated heterocycles. The van der Waals surface area contributed by atoms with Crippen molar-refractivity contribution in [2.45, 2.75) is 12.8 Å². The standard InChI is InChI=1S/C18H17ClN2O.ClH/c19-14-9-7-13(8-10-14)17-15-5-1-2-6-16(15)18(22)21-12-4-3-11-20-17;/h1-2,5-10H,3-4,11-12H2,(H,21,22);1H. The number of amides is 1. The van der Waals surface area contributed by atoms with Gasteiger partial charge in [-0.15, -0.1) is 12.4 Å². The molecular weight excluding hydrogens is 331 g/mol. The second-order valence-electron chi connectivity index (χ2n) is 5.25. The summed E-state index contributed by atoms with van der Waals surface area (Å²) in [4.78, 5) is 17.1. The Labute approximate surface area is 147 Å². The molecule has 3 nitrogen and oxygen atoms in total. The number of carbonyl (C=O) groups excluding carboxylic acids is 1. The average molecular weight is 349 g/mol. The van der Waals surface area contributed by atoms with E-state index in [-0.39, 0.29) is 18.3 Å². The minimum atomic E-state index is -0.0424. The summed E-state index contributed by atoms with van der Waals surface area (Å²) in [5, 5.41) is 3.66. The van der Waals surface area contributed by atoms with Gasteiger partial charge in [0.25, 0.3) is 5.91 Å². The van der Waals surface area contributed by atoms with Gasteiger partial charge in [-0.1, -0.05) is 41.9 Å². The minimum Gasteiger partial charge on any atom is -0.352 e. The van der Waals surface area contributed by atoms with Crippen molar-refractivity contribution in [3.05, 3.63) is 70.2 Å². The highest BCUT2D eigenvalue weighted by molar-refractivity contribution is 6.30. The molecule has 1 amide bonds. The number of fused-ring (bicyclic) bond motifs is 1. The van der Waals surface area contributed by atoms with Crippen molar-refractivity contribution in [2.75, 3.05) is 13.1 Å². The van der Waals surface area contributed by atoms with Crippen molar-refractivity contribution in [2.24, 2.45) is 4.99 Å². The predicted molar refractivity (Wildman–Crippen MR) is 97.2 cm³/mol. The monoisotopic (exact) mass is 348 g/mol. The first-order valence-electron chi connectivity index (χ1n) is 7.44. The van der Waals surface area contributed by atoms with Gasteiger partial charge in [0.2, 0.25) is 0 Å². The Bertz CT molecular complexity index is 711. The van der Waals surface area contributed by atoms with E-state index in [0.29, 0.717) is 17.1 Å². The molecule has 3 rings (SSSR count). The summed E-state index contributed by atoms with van der Waals surface area (Å²) in [5.74, 6) is -0.0424. The second-order valence-corrected chi connectivity index (χ2v) is 5.68. The molecule has 1 N–H and O–H groups in total. The third-order valence-corrected chi connectivity index (χ3v) is 3.94. The van der Waals surface area contributed by atoms with E-state index in [4.69, 9.17) is 16.6 Å². The first kappa shape index (κ1) is 17.5. The van der Waals surface area contributed by atoms with Gasteiger partial charge in [0, 0.05) is 34.8 Å². The molecule has 5 heteroatoms. The zero-order valence-corrected chi connectivity index (χ0v) is 14.2. The van der Waals surface area contributed by atoms with Gasteiger partial charge in [0.1, 0.15) is 0 Å². The number of aliphatic imine (C=N–C) groups is 1. The van der Waals surface area contributed by atoms with E-state index in [1.807, 2.05) is 48.5 Å². The molecule has 23 heavy (non-hydrogen) atoms. The Morgan fingerprint density at radius 1 is 0.957 bits per heavy atom. The van der Waals surface area contributed by atoms with Gasteiger partial charge < -0.3 is 5.32 Å². The van der Waals surface area contributed by atoms with Crippen molar-refractivity contribution in [3.63, 3.8) is 0 Å². The molecule has 2 aromatic carbocycles. The summed E-state index contributed by atoms with van der Waals surface area (Å²) in [6.45, 7) is 1.45. The molecule has 0 unspecified atom stereocenters. The van der Waals surface area contributed by atoms with Crippen molar-refractivity contribution >= 4 is 35.6 Å². The first-order valence-corrected chi connectivity index (χ1v) is 7.81. The maximum absolute atomic E-state index is 12.4. The number of carbonyl (C=O) groups is 1. The van der Waals surface area contributed by atoms with Gasteiger partial charge in [0.15, 0.2) is 0 Å². The number of hydrogen-bond acceptors (Lipinski definition) is 2. The molecule has 0 saturated carbocycles. The molecule has 1 heterocycles. The van der Waals surface area contributed by atoms with Crippen LogP contribution in [0.15, 0.2) is 53.5 Å². The Hall–Kier alpha value is -1.84. The normalized spacial score (nSPS) is 14.8. The van der Waals surface area contributed by atoms with Gasteiger partial charge in [-0.05, 0) is 31.0 Å². The van der Waals surface area contributed by atoms with Crippen LogP contribution in [0.2, 0.25) is 5.02 Å². The molecular formula is C18H18Cl2N2O. The molecule has 1 aliphatic heterocycles. The third kappa shape index (κ3) is 4.12. The van der Waals surface area contributed by atoms with Crippen molar-refractivity contribution in [1.82, 2.24) is 5.32 Å². The number of halogens is 2. The molecule has 0 bridgehead atoms. The largest absolute Gasteiger partial charge is 0.352 e. The van der Waals surface area contributed by atoms with Gasteiger partial charge in [-0.3, -0.25) is 9.79 Å². The first-order chi connectivity index (χ1) is 10.8. The van der Waals surface area contributed by atoms with Gasteiger partial charge >= 0.3 is 0 Å². The zero-order chi connectivity index (χ0) is 15.4. The highest BCUT2D eigenvalue weighted by Crippen LogP contribution is 2.19. The number of nitrogens with zero attached hydrogens (tertiary/aromatic N) is 1. The lowest BCUT2D eigenvalue weighted by molar-refractivity contribution is 0.0953. The van der Waals surface area contributed by atoms with E-state index in [9.17, 15) is 4.79 Å². The lowest BCUT2D eigenvalue weighted by Gasteiger charge is -2.15. The van der Waals surface area contributed by atoms with E-state index < -0.39 is 0 Å². The van der Waals surface area contributed by atoms with Gasteiger partial charge in [0.05, 0.1) is 5.71 Å². The van der Waals surface area contributed by atoms with Crippen LogP contribution in [-0.4, -0.2) is 24.7 Å². The molecule has 0 aromatic heterocycles. The smallest absolute Gasteiger partial charge is 0.251 e. The number of nitrogens with one attached hydrogen (secondary N) is 1. The summed E-state index contributed by atoms with van der Waals surface area (Å²) in [5.41, 5.74) is 3.36. The van der Waals surface area contributed by atoms with Crippen LogP contribution in [0.1, 0.15) is 34.3 Å². The number of hydrogen-bond donors (Lipinski definition) is 1. The maximum atomic E-state index is 12.4. The fourth-order valence-corrected chi connectivity index (χ4v) is 2.68. The molecule has 0 radical (unpaired) electrons. The van der Waals surface area contributed by atoms with Crippen molar-refractivity contribution < 1.29 is 4.79 Å². The predicted octanol–water partition coefficient (Wildman–Crippen LogP) is 4.12. The number of rotatable bonds is 1. The third-order valence-electron chi connectivity index (χ3n) is 3.68. The summed E-state index contributed by atoms with van der Waals surface area (Å²) < 4.78 is 0. The maximum Gasteiger partial charge on any atom is 0.251 e. The van der Waals surface area contributed by atoms with E-state index in [2.05, 4.69) is 5.32 Å². The Morgan fingerprint density at radius 3 is 2.39 bits per heavy atom. The lowest BCUT2D eigenvalue weighted by Crippen LogP contribution is -2.27. The van der Waals surface area contributed by atoms with E-state index in [1.54, 1.807) is 0 Å². The molecule has 0 spiro atoms. The van der Waals surface area contributed by atoms with Crippen molar-refractivity contribution in [1.29, 1.82) is 0 Å². The van der Waals surface area contributed by atoms with Crippen LogP contribution in [-0.2, 0) is 0 Å². The SMILES string of the molecule is Cl.O=C1NCCCCN=C(c2ccc(Cl)cc2)c2ccccc21. The topological polar surface area (TPSA) is 41.5 Å². The van der Waals surface area contributed by atoms with Gasteiger partial charge in [-0.2, -0.15) is 0 Å². The molecule has 1 aliphatic rings. The van der Waals surface area contributed by atoms with Crippen molar-refractivity contribution in [3.8, 4) is 0 Å². The lowest BCUT2D eigenvalue weighted by atomic mass is 9.96. The van der Waals surface area contributed by atoms with Crippen LogP contribution < -0.4 is 5.32 Å². The van der Waals surface area contributed by atoms with Gasteiger partial charge in [-0.25, -0.2) is 0 Å². The highest BCUT2D eigenvalue weighted by Gasteiger charge is 2.17. The molecule has 0 atom stereocenters. The average Bonchev–Trinajstić information content (AvgIpc) is 2.55. The summed E-state index contributed by atoms with van der Waals surface area (Å²) in [6.07, 6.45) is 1.89. The fourth-order valence-electron chi connectivity index (χ4n) is 2.55. The molecule has 0 aliphatic carbocycles. The van der Waals surface area contributed by atoms with Crippen LogP contribution in [0, 0.1) is 0 Å². The molecule has 120 valence electrons. The highest BCUT2D eigenvalue weighted by atomic mass is 35.5. The second kappa shape index (κ2) is 8.14. The van der Waals surface area contributed by atoms with Crippen LogP contribution in [0.5, 0.6) is 0 Å². The van der Waals surface area contributed by atoms with Crippen LogP contribution >= 0.6 is 24.0 Å². The zero-order valence-electron chi connectivity index (χ0n) is 12.6. The van der Waals surface area contributed by atoms with E-state index in [0.717, 1.165) is 36.2 Å². The summed E-state index contributed by atoms with van der Waals surface area (Å²) >= 11 is 5.98. The van der Waals surface area contributed by atoms with E-state index >= 15 is 0 Å². The Kier molecular flexibility index (Phi) is 6.20. The number of benzene rings is 2. The van der Waals surface area contributed by atoms with E-state index in [1.165, 1.54) is 0 Å². The summed E-state index contributed by atoms with van der Waals surface area (Å²) in [7, 11) is 0. The van der Waals surface area contributed by atoms with Crippen LogP contribution in [0.4, 0.5) is 0 Å². The summed E-state index contributed by atoms with van der Waals surface area (Å²) in [6, 6.07) is 15.2. The van der Waals surface area contributed by atoms with Crippen LogP contribution in [0.3, 0.4) is 0 Å². The van der Waals surface area contributed by atoms with Crippen LogP contribution in [0.25, 0.3) is 0 Å². The fraction of sp³-hybridized carbons (Fsp3) is 0.222. The quantitative estimate of drug-likeness (QED) is 0.827. The molecule has 2 aromatic rings.